The third kappa shape index (κ3) is 2.68. The molecule has 0 aliphatic carbocycles. The molecule has 0 spiro atoms. The number of pyridine rings is 1. The normalized spacial score (nSPS) is 12.5. The van der Waals surface area contributed by atoms with Gasteiger partial charge < -0.3 is 5.11 Å². The Kier molecular flexibility index (Phi) is 3.99. The molecule has 2 aromatic rings. The van der Waals surface area contributed by atoms with Crippen molar-refractivity contribution in [1.29, 1.82) is 0 Å². The van der Waals surface area contributed by atoms with Crippen molar-refractivity contribution in [2.45, 2.75) is 6.10 Å². The van der Waals surface area contributed by atoms with E-state index >= 15 is 0 Å². The lowest BCUT2D eigenvalue weighted by molar-refractivity contribution is 0.208. The second-order valence-electron chi connectivity index (χ2n) is 3.69. The van der Waals surface area contributed by atoms with Crippen LogP contribution in [0.5, 0.6) is 0 Å². The van der Waals surface area contributed by atoms with Crippen molar-refractivity contribution >= 4 is 23.2 Å². The van der Waals surface area contributed by atoms with Gasteiger partial charge in [0.25, 0.3) is 0 Å². The van der Waals surface area contributed by atoms with E-state index in [9.17, 15) is 18.3 Å². The molecule has 1 heterocycles. The molecule has 0 amide bonds. The van der Waals surface area contributed by atoms with Crippen LogP contribution in [0.1, 0.15) is 17.4 Å². The summed E-state index contributed by atoms with van der Waals surface area (Å²) in [6.45, 7) is 0. The van der Waals surface area contributed by atoms with Crippen molar-refractivity contribution in [1.82, 2.24) is 4.98 Å². The molecular formula is C12H6Cl2F3NO. The first-order chi connectivity index (χ1) is 8.91. The number of aromatic nitrogens is 1. The topological polar surface area (TPSA) is 33.1 Å². The van der Waals surface area contributed by atoms with Crippen molar-refractivity contribution in [3.8, 4) is 0 Å². The summed E-state index contributed by atoms with van der Waals surface area (Å²) in [5.41, 5.74) is -0.563. The minimum absolute atomic E-state index is 0.0101. The summed E-state index contributed by atoms with van der Waals surface area (Å²) < 4.78 is 39.4. The number of hydrogen-bond acceptors (Lipinski definition) is 2. The number of benzene rings is 1. The zero-order valence-corrected chi connectivity index (χ0v) is 10.7. The summed E-state index contributed by atoms with van der Waals surface area (Å²) in [6, 6.07) is 2.93. The standard InChI is InChI=1S/C12H6Cl2F3NO/c13-5-3-7(14)11(18-4-5)12(19)6-1-2-8(15)10(17)9(6)16/h1-4,12,19H. The van der Waals surface area contributed by atoms with Crippen molar-refractivity contribution in [3.05, 3.63) is 63.2 Å². The van der Waals surface area contributed by atoms with Crippen LogP contribution in [0.25, 0.3) is 0 Å². The van der Waals surface area contributed by atoms with Crippen LogP contribution < -0.4 is 0 Å². The quantitative estimate of drug-likeness (QED) is 0.854. The molecule has 0 aliphatic rings. The highest BCUT2D eigenvalue weighted by Gasteiger charge is 2.23. The van der Waals surface area contributed by atoms with Gasteiger partial charge in [0.2, 0.25) is 0 Å². The van der Waals surface area contributed by atoms with Gasteiger partial charge in [0.1, 0.15) is 6.10 Å². The Hall–Kier alpha value is -1.30. The molecule has 100 valence electrons. The fraction of sp³-hybridized carbons (Fsp3) is 0.0833. The fourth-order valence-corrected chi connectivity index (χ4v) is 2.01. The molecule has 0 saturated heterocycles. The summed E-state index contributed by atoms with van der Waals surface area (Å²) in [5.74, 6) is -4.49. The first-order valence-corrected chi connectivity index (χ1v) is 5.79. The van der Waals surface area contributed by atoms with E-state index in [1.54, 1.807) is 0 Å². The van der Waals surface area contributed by atoms with Gasteiger partial charge in [0.15, 0.2) is 17.5 Å². The Balaban J connectivity index is 2.50. The highest BCUT2D eigenvalue weighted by atomic mass is 35.5. The molecule has 1 aromatic heterocycles. The maximum atomic E-state index is 13.5. The molecule has 1 N–H and O–H groups in total. The number of aliphatic hydroxyl groups is 1. The molecule has 1 aromatic carbocycles. The highest BCUT2D eigenvalue weighted by molar-refractivity contribution is 6.34. The molecule has 0 bridgehead atoms. The minimum atomic E-state index is -1.67. The lowest BCUT2D eigenvalue weighted by atomic mass is 10.0. The summed E-state index contributed by atoms with van der Waals surface area (Å²) in [5, 5.41) is 10.2. The van der Waals surface area contributed by atoms with Crippen LogP contribution in [0.2, 0.25) is 10.0 Å². The van der Waals surface area contributed by atoms with Gasteiger partial charge in [-0.3, -0.25) is 4.98 Å². The fourth-order valence-electron chi connectivity index (χ4n) is 1.53. The largest absolute Gasteiger partial charge is 0.382 e. The van der Waals surface area contributed by atoms with Crippen LogP contribution in [0.4, 0.5) is 13.2 Å². The van der Waals surface area contributed by atoms with Crippen LogP contribution in [0, 0.1) is 17.5 Å². The van der Waals surface area contributed by atoms with Crippen LogP contribution in [-0.2, 0) is 0 Å². The van der Waals surface area contributed by atoms with Gasteiger partial charge >= 0.3 is 0 Å². The van der Waals surface area contributed by atoms with Crippen molar-refractivity contribution in [3.63, 3.8) is 0 Å². The molecule has 1 atom stereocenters. The zero-order valence-electron chi connectivity index (χ0n) is 9.17. The smallest absolute Gasteiger partial charge is 0.194 e. The Morgan fingerprint density at radius 2 is 1.79 bits per heavy atom. The van der Waals surface area contributed by atoms with E-state index in [1.165, 1.54) is 12.3 Å². The molecular weight excluding hydrogens is 302 g/mol. The number of hydrogen-bond donors (Lipinski definition) is 1. The van der Waals surface area contributed by atoms with Crippen molar-refractivity contribution < 1.29 is 18.3 Å². The van der Waals surface area contributed by atoms with Gasteiger partial charge in [-0.15, -0.1) is 0 Å². The van der Waals surface area contributed by atoms with Crippen LogP contribution in [0.3, 0.4) is 0 Å². The zero-order chi connectivity index (χ0) is 14.2. The van der Waals surface area contributed by atoms with E-state index in [4.69, 9.17) is 23.2 Å². The third-order valence-corrected chi connectivity index (χ3v) is 2.96. The second kappa shape index (κ2) is 5.36. The lowest BCUT2D eigenvalue weighted by Crippen LogP contribution is -2.08. The van der Waals surface area contributed by atoms with Gasteiger partial charge in [0, 0.05) is 11.8 Å². The van der Waals surface area contributed by atoms with E-state index in [0.29, 0.717) is 6.07 Å². The van der Waals surface area contributed by atoms with Gasteiger partial charge in [-0.25, -0.2) is 13.2 Å². The summed E-state index contributed by atoms with van der Waals surface area (Å²) in [7, 11) is 0. The predicted octanol–water partition coefficient (Wildman–Crippen LogP) is 3.89. The number of aliphatic hydroxyl groups excluding tert-OH is 1. The van der Waals surface area contributed by atoms with Gasteiger partial charge in [-0.05, 0) is 18.2 Å². The first-order valence-electron chi connectivity index (χ1n) is 5.04. The molecule has 0 radical (unpaired) electrons. The molecule has 0 saturated carbocycles. The molecule has 7 heteroatoms. The maximum absolute atomic E-state index is 13.5. The molecule has 19 heavy (non-hydrogen) atoms. The number of rotatable bonds is 2. The average molecular weight is 308 g/mol. The number of nitrogens with zero attached hydrogens (tertiary/aromatic N) is 1. The van der Waals surface area contributed by atoms with Crippen LogP contribution in [0.15, 0.2) is 24.4 Å². The monoisotopic (exact) mass is 307 g/mol. The molecule has 2 rings (SSSR count). The Morgan fingerprint density at radius 1 is 1.11 bits per heavy atom. The summed E-state index contributed by atoms with van der Waals surface area (Å²) in [6.07, 6.45) is -0.427. The van der Waals surface area contributed by atoms with E-state index in [2.05, 4.69) is 4.98 Å². The van der Waals surface area contributed by atoms with Crippen LogP contribution >= 0.6 is 23.2 Å². The molecule has 1 unspecified atom stereocenters. The van der Waals surface area contributed by atoms with E-state index in [-0.39, 0.29) is 15.7 Å². The third-order valence-electron chi connectivity index (χ3n) is 2.45. The minimum Gasteiger partial charge on any atom is -0.382 e. The van der Waals surface area contributed by atoms with E-state index in [0.717, 1.165) is 6.07 Å². The predicted molar refractivity (Wildman–Crippen MR) is 64.6 cm³/mol. The Morgan fingerprint density at radius 3 is 2.42 bits per heavy atom. The lowest BCUT2D eigenvalue weighted by Gasteiger charge is -2.13. The van der Waals surface area contributed by atoms with Crippen molar-refractivity contribution in [2.24, 2.45) is 0 Å². The van der Waals surface area contributed by atoms with Gasteiger partial charge in [-0.1, -0.05) is 23.2 Å². The van der Waals surface area contributed by atoms with Crippen molar-refractivity contribution in [2.75, 3.05) is 0 Å². The SMILES string of the molecule is OC(c1ccc(F)c(F)c1F)c1ncc(Cl)cc1Cl. The molecule has 0 fully saturated rings. The van der Waals surface area contributed by atoms with Crippen LogP contribution in [-0.4, -0.2) is 10.1 Å². The molecule has 2 nitrogen and oxygen atoms in total. The summed E-state index contributed by atoms with van der Waals surface area (Å²) in [4.78, 5) is 3.75. The number of halogens is 5. The van der Waals surface area contributed by atoms with E-state index < -0.39 is 29.1 Å². The Bertz CT molecular complexity index is 637. The molecule has 0 aliphatic heterocycles. The van der Waals surface area contributed by atoms with Gasteiger partial charge in [-0.2, -0.15) is 0 Å². The first kappa shape index (κ1) is 14.1. The average Bonchev–Trinajstić information content (AvgIpc) is 2.35. The highest BCUT2D eigenvalue weighted by Crippen LogP contribution is 2.30. The van der Waals surface area contributed by atoms with E-state index in [1.807, 2.05) is 0 Å². The Labute approximate surface area is 116 Å². The van der Waals surface area contributed by atoms with Gasteiger partial charge in [0.05, 0.1) is 15.7 Å². The maximum Gasteiger partial charge on any atom is 0.194 e. The summed E-state index contributed by atoms with van der Waals surface area (Å²) >= 11 is 11.4. The second-order valence-corrected chi connectivity index (χ2v) is 4.53.